The number of amides is 1. The van der Waals surface area contributed by atoms with Gasteiger partial charge in [-0.3, -0.25) is 4.79 Å². The van der Waals surface area contributed by atoms with Gasteiger partial charge >= 0.3 is 5.97 Å². The summed E-state index contributed by atoms with van der Waals surface area (Å²) in [6.07, 6.45) is 2.73. The molecule has 26 heavy (non-hydrogen) atoms. The summed E-state index contributed by atoms with van der Waals surface area (Å²) in [5.41, 5.74) is 0.867. The minimum absolute atomic E-state index is 0.0228. The molecule has 2 unspecified atom stereocenters. The molecule has 1 aliphatic carbocycles. The first-order valence-electron chi connectivity index (χ1n) is 9.54. The summed E-state index contributed by atoms with van der Waals surface area (Å²) in [5.74, 6) is 0.518. The van der Waals surface area contributed by atoms with E-state index in [9.17, 15) is 9.59 Å². The van der Waals surface area contributed by atoms with Crippen LogP contribution < -0.4 is 5.32 Å². The van der Waals surface area contributed by atoms with Crippen LogP contribution in [0.2, 0.25) is 0 Å². The van der Waals surface area contributed by atoms with Gasteiger partial charge in [0.05, 0.1) is 0 Å². The van der Waals surface area contributed by atoms with Gasteiger partial charge in [0.25, 0.3) is 0 Å². The summed E-state index contributed by atoms with van der Waals surface area (Å²) < 4.78 is 5.51. The molecule has 1 aromatic rings. The van der Waals surface area contributed by atoms with Gasteiger partial charge < -0.3 is 15.2 Å². The molecule has 0 bridgehead atoms. The lowest BCUT2D eigenvalue weighted by Crippen LogP contribution is -2.41. The van der Waals surface area contributed by atoms with Crippen molar-refractivity contribution in [2.24, 2.45) is 23.7 Å². The Hall–Kier alpha value is -1.88. The fourth-order valence-corrected chi connectivity index (χ4v) is 3.94. The Morgan fingerprint density at radius 2 is 1.92 bits per heavy atom. The van der Waals surface area contributed by atoms with Gasteiger partial charge in [-0.05, 0) is 36.2 Å². The van der Waals surface area contributed by atoms with Gasteiger partial charge in [-0.1, -0.05) is 57.5 Å². The number of carbonyl (C=O) groups excluding carboxylic acids is 1. The summed E-state index contributed by atoms with van der Waals surface area (Å²) in [6, 6.07) is 9.43. The molecule has 1 aromatic carbocycles. The maximum atomic E-state index is 12.8. The van der Waals surface area contributed by atoms with E-state index in [1.807, 2.05) is 30.3 Å². The average Bonchev–Trinajstić information content (AvgIpc) is 2.61. The molecular weight excluding hydrogens is 330 g/mol. The molecule has 1 fully saturated rings. The number of ether oxygens (including phenoxy) is 1. The predicted molar refractivity (Wildman–Crippen MR) is 101 cm³/mol. The molecule has 0 spiro atoms. The first-order valence-corrected chi connectivity index (χ1v) is 9.54. The Kier molecular flexibility index (Phi) is 7.64. The maximum Gasteiger partial charge on any atom is 0.329 e. The fraction of sp³-hybridized carbons (Fsp3) is 0.619. The number of hydrogen-bond acceptors (Lipinski definition) is 3. The number of hydrogen-bond donors (Lipinski definition) is 2. The van der Waals surface area contributed by atoms with Crippen molar-refractivity contribution >= 4 is 11.9 Å². The van der Waals surface area contributed by atoms with E-state index in [1.165, 1.54) is 6.42 Å². The van der Waals surface area contributed by atoms with Crippen LogP contribution in [-0.2, 0) is 14.3 Å². The summed E-state index contributed by atoms with van der Waals surface area (Å²) in [7, 11) is 0. The molecular formula is C21H31NO4. The lowest BCUT2D eigenvalue weighted by molar-refractivity contribution is -0.144. The zero-order valence-corrected chi connectivity index (χ0v) is 16.0. The SMILES string of the molecule is CC1CC[C@@H](C(C)C)[C@H](C(=O)NCC(OCC(=O)O)c2ccccc2)C1. The van der Waals surface area contributed by atoms with E-state index in [2.05, 4.69) is 26.1 Å². The van der Waals surface area contributed by atoms with Gasteiger partial charge in [0.15, 0.2) is 0 Å². The summed E-state index contributed by atoms with van der Waals surface area (Å²) in [5, 5.41) is 11.9. The molecule has 2 rings (SSSR count). The van der Waals surface area contributed by atoms with Crippen LogP contribution in [0.15, 0.2) is 30.3 Å². The van der Waals surface area contributed by atoms with Crippen molar-refractivity contribution in [2.75, 3.05) is 13.2 Å². The number of rotatable bonds is 8. The van der Waals surface area contributed by atoms with Crippen molar-refractivity contribution in [1.82, 2.24) is 5.32 Å². The molecule has 0 aliphatic heterocycles. The van der Waals surface area contributed by atoms with E-state index in [4.69, 9.17) is 9.84 Å². The Labute approximate surface area is 156 Å². The molecule has 0 heterocycles. The second-order valence-electron chi connectivity index (χ2n) is 7.78. The van der Waals surface area contributed by atoms with Crippen LogP contribution in [0.1, 0.15) is 51.7 Å². The van der Waals surface area contributed by atoms with Crippen LogP contribution in [0.4, 0.5) is 0 Å². The fourth-order valence-electron chi connectivity index (χ4n) is 3.94. The van der Waals surface area contributed by atoms with Crippen molar-refractivity contribution in [3.8, 4) is 0 Å². The molecule has 4 atom stereocenters. The number of benzene rings is 1. The highest BCUT2D eigenvalue weighted by Crippen LogP contribution is 2.38. The maximum absolute atomic E-state index is 12.8. The normalized spacial score (nSPS) is 24.2. The zero-order valence-electron chi connectivity index (χ0n) is 16.0. The second-order valence-corrected chi connectivity index (χ2v) is 7.78. The van der Waals surface area contributed by atoms with Crippen LogP contribution in [0.25, 0.3) is 0 Å². The molecule has 0 aromatic heterocycles. The Morgan fingerprint density at radius 3 is 2.54 bits per heavy atom. The lowest BCUT2D eigenvalue weighted by atomic mass is 9.70. The number of nitrogens with one attached hydrogen (secondary N) is 1. The average molecular weight is 361 g/mol. The molecule has 144 valence electrons. The first kappa shape index (κ1) is 20.4. The van der Waals surface area contributed by atoms with Crippen LogP contribution in [0, 0.1) is 23.7 Å². The van der Waals surface area contributed by atoms with Crippen molar-refractivity contribution in [1.29, 1.82) is 0 Å². The summed E-state index contributed by atoms with van der Waals surface area (Å²) in [6.45, 7) is 6.48. The second kappa shape index (κ2) is 9.72. The molecule has 2 N–H and O–H groups in total. The Morgan fingerprint density at radius 1 is 1.23 bits per heavy atom. The molecule has 0 radical (unpaired) electrons. The van der Waals surface area contributed by atoms with Crippen molar-refractivity contribution in [2.45, 2.75) is 46.1 Å². The van der Waals surface area contributed by atoms with Crippen LogP contribution >= 0.6 is 0 Å². The van der Waals surface area contributed by atoms with E-state index in [0.29, 0.717) is 17.8 Å². The number of carboxylic acids is 1. The van der Waals surface area contributed by atoms with Crippen molar-refractivity contribution < 1.29 is 19.4 Å². The van der Waals surface area contributed by atoms with E-state index in [0.717, 1.165) is 18.4 Å². The van der Waals surface area contributed by atoms with Gasteiger partial charge in [0.1, 0.15) is 12.7 Å². The molecule has 1 aliphatic rings. The largest absolute Gasteiger partial charge is 0.480 e. The zero-order chi connectivity index (χ0) is 19.1. The van der Waals surface area contributed by atoms with Gasteiger partial charge in [0.2, 0.25) is 5.91 Å². The van der Waals surface area contributed by atoms with Gasteiger partial charge in [-0.15, -0.1) is 0 Å². The standard InChI is InChI=1S/C21H31NO4/c1-14(2)17-10-9-15(3)11-18(17)21(25)22-12-19(26-13-20(23)24)16-7-5-4-6-8-16/h4-8,14-15,17-19H,9-13H2,1-3H3,(H,22,25)(H,23,24)/t15?,17-,18+,19?/m0/s1. The van der Waals surface area contributed by atoms with Crippen LogP contribution in [0.3, 0.4) is 0 Å². The highest BCUT2D eigenvalue weighted by atomic mass is 16.5. The van der Waals surface area contributed by atoms with E-state index in [-0.39, 0.29) is 25.0 Å². The topological polar surface area (TPSA) is 75.6 Å². The van der Waals surface area contributed by atoms with E-state index < -0.39 is 12.1 Å². The Balaban J connectivity index is 2.01. The molecule has 1 amide bonds. The van der Waals surface area contributed by atoms with Crippen molar-refractivity contribution in [3.63, 3.8) is 0 Å². The van der Waals surface area contributed by atoms with Crippen LogP contribution in [-0.4, -0.2) is 30.1 Å². The highest BCUT2D eigenvalue weighted by Gasteiger charge is 2.35. The van der Waals surface area contributed by atoms with Gasteiger partial charge in [-0.25, -0.2) is 4.79 Å². The predicted octanol–water partition coefficient (Wildman–Crippen LogP) is 3.65. The molecule has 5 nitrogen and oxygen atoms in total. The van der Waals surface area contributed by atoms with E-state index in [1.54, 1.807) is 0 Å². The number of aliphatic carboxylic acids is 1. The van der Waals surface area contributed by atoms with E-state index >= 15 is 0 Å². The lowest BCUT2D eigenvalue weighted by Gasteiger charge is -2.36. The minimum Gasteiger partial charge on any atom is -0.480 e. The molecule has 0 saturated heterocycles. The third-order valence-corrected chi connectivity index (χ3v) is 5.40. The minimum atomic E-state index is -1.02. The molecule has 5 heteroatoms. The summed E-state index contributed by atoms with van der Waals surface area (Å²) >= 11 is 0. The smallest absolute Gasteiger partial charge is 0.329 e. The quantitative estimate of drug-likeness (QED) is 0.741. The van der Waals surface area contributed by atoms with Crippen LogP contribution in [0.5, 0.6) is 0 Å². The van der Waals surface area contributed by atoms with Gasteiger partial charge in [-0.2, -0.15) is 0 Å². The Bertz CT molecular complexity index is 587. The third kappa shape index (κ3) is 5.84. The molecule has 1 saturated carbocycles. The number of carboxylic acid groups (broad SMARTS) is 1. The highest BCUT2D eigenvalue weighted by molar-refractivity contribution is 5.79. The monoisotopic (exact) mass is 361 g/mol. The van der Waals surface area contributed by atoms with Gasteiger partial charge in [0, 0.05) is 12.5 Å². The third-order valence-electron chi connectivity index (χ3n) is 5.40. The summed E-state index contributed by atoms with van der Waals surface area (Å²) in [4.78, 5) is 23.7. The number of carbonyl (C=O) groups is 2. The first-order chi connectivity index (χ1) is 12.4. The van der Waals surface area contributed by atoms with Crippen molar-refractivity contribution in [3.05, 3.63) is 35.9 Å².